The first-order valence-electron chi connectivity index (χ1n) is 7.87. The fourth-order valence-electron chi connectivity index (χ4n) is 2.37. The molecule has 0 saturated carbocycles. The van der Waals surface area contributed by atoms with Crippen molar-refractivity contribution in [2.24, 2.45) is 0 Å². The lowest BCUT2D eigenvalue weighted by Crippen LogP contribution is -2.39. The maximum atomic E-state index is 12.7. The van der Waals surface area contributed by atoms with Crippen molar-refractivity contribution in [3.63, 3.8) is 0 Å². The minimum atomic E-state index is -0.912. The number of carbonyl (C=O) groups excluding carboxylic acids is 1. The number of rotatable bonds is 9. The number of nitrogens with one attached hydrogen (secondary N) is 1. The minimum absolute atomic E-state index is 0.0223. The summed E-state index contributed by atoms with van der Waals surface area (Å²) < 4.78 is 1.12. The molecule has 1 atom stereocenters. The molecule has 134 valence electrons. The highest BCUT2D eigenvalue weighted by atomic mass is 32.2. The molecule has 1 aromatic heterocycles. The molecular weight excluding hydrogens is 344 g/mol. The van der Waals surface area contributed by atoms with E-state index in [1.165, 1.54) is 0 Å². The van der Waals surface area contributed by atoms with E-state index in [9.17, 15) is 14.4 Å². The van der Waals surface area contributed by atoms with Gasteiger partial charge < -0.3 is 10.4 Å². The molecule has 0 bridgehead atoms. The first-order chi connectivity index (χ1) is 12.0. The van der Waals surface area contributed by atoms with Gasteiger partial charge in [-0.25, -0.2) is 0 Å². The smallest absolute Gasteiger partial charge is 0.303 e. The predicted molar refractivity (Wildman–Crippen MR) is 95.7 cm³/mol. The van der Waals surface area contributed by atoms with Gasteiger partial charge in [-0.3, -0.25) is 14.4 Å². The zero-order valence-corrected chi connectivity index (χ0v) is 14.7. The fraction of sp³-hybridized carbons (Fsp3) is 0.438. The van der Waals surface area contributed by atoms with Gasteiger partial charge in [-0.05, 0) is 37.0 Å². The largest absolute Gasteiger partial charge is 0.481 e. The Bertz CT molecular complexity index is 808. The van der Waals surface area contributed by atoms with Crippen molar-refractivity contribution >= 4 is 34.5 Å². The Kier molecular flexibility index (Phi) is 6.93. The Morgan fingerprint density at radius 3 is 2.84 bits per heavy atom. The molecule has 0 fully saturated rings. The molecule has 9 heteroatoms. The standard InChI is InChI=1S/C16H20N4O4S/c1-25-10-8-13(15(23)17-9-4-7-14(21)22)20-16(24)11-5-2-3-6-12(11)18-19-20/h2-3,5-6,13H,4,7-10H2,1H3,(H,17,23)(H,21,22)/t13-/m0/s1. The van der Waals surface area contributed by atoms with Crippen molar-refractivity contribution in [3.05, 3.63) is 34.6 Å². The molecule has 0 aliphatic heterocycles. The van der Waals surface area contributed by atoms with Gasteiger partial charge >= 0.3 is 5.97 Å². The molecule has 2 rings (SSSR count). The first kappa shape index (κ1) is 18.9. The molecule has 2 aromatic rings. The van der Waals surface area contributed by atoms with E-state index in [0.717, 1.165) is 4.68 Å². The van der Waals surface area contributed by atoms with Crippen molar-refractivity contribution < 1.29 is 14.7 Å². The molecule has 0 saturated heterocycles. The minimum Gasteiger partial charge on any atom is -0.481 e. The highest BCUT2D eigenvalue weighted by Gasteiger charge is 2.23. The van der Waals surface area contributed by atoms with Gasteiger partial charge in [0.05, 0.1) is 5.39 Å². The van der Waals surface area contributed by atoms with E-state index in [0.29, 0.717) is 29.5 Å². The van der Waals surface area contributed by atoms with Crippen LogP contribution in [0.1, 0.15) is 25.3 Å². The highest BCUT2D eigenvalue weighted by molar-refractivity contribution is 7.98. The monoisotopic (exact) mass is 364 g/mol. The van der Waals surface area contributed by atoms with Crippen molar-refractivity contribution in [1.29, 1.82) is 0 Å². The van der Waals surface area contributed by atoms with Crippen LogP contribution in [-0.4, -0.2) is 50.5 Å². The third-order valence-corrected chi connectivity index (χ3v) is 4.30. The molecule has 0 radical (unpaired) electrons. The van der Waals surface area contributed by atoms with Gasteiger partial charge in [-0.1, -0.05) is 17.3 Å². The number of nitrogens with zero attached hydrogens (tertiary/aromatic N) is 3. The van der Waals surface area contributed by atoms with E-state index < -0.39 is 12.0 Å². The van der Waals surface area contributed by atoms with Crippen molar-refractivity contribution in [1.82, 2.24) is 20.3 Å². The summed E-state index contributed by atoms with van der Waals surface area (Å²) >= 11 is 1.56. The van der Waals surface area contributed by atoms with Gasteiger partial charge in [0.25, 0.3) is 5.56 Å². The van der Waals surface area contributed by atoms with Gasteiger partial charge in [-0.15, -0.1) is 5.10 Å². The number of carboxylic acid groups (broad SMARTS) is 1. The number of aromatic nitrogens is 3. The van der Waals surface area contributed by atoms with E-state index in [-0.39, 0.29) is 24.4 Å². The van der Waals surface area contributed by atoms with Crippen LogP contribution in [0.5, 0.6) is 0 Å². The van der Waals surface area contributed by atoms with Crippen LogP contribution in [0.15, 0.2) is 29.1 Å². The van der Waals surface area contributed by atoms with Crippen LogP contribution in [0.25, 0.3) is 10.9 Å². The van der Waals surface area contributed by atoms with Crippen molar-refractivity contribution in [2.75, 3.05) is 18.6 Å². The average Bonchev–Trinajstić information content (AvgIpc) is 2.60. The Balaban J connectivity index is 2.21. The SMILES string of the molecule is CSCC[C@@H](C(=O)NCCCC(=O)O)n1nnc2ccccc2c1=O. The second-order valence-corrected chi connectivity index (χ2v) is 6.43. The van der Waals surface area contributed by atoms with E-state index in [1.54, 1.807) is 36.0 Å². The number of hydrogen-bond donors (Lipinski definition) is 2. The van der Waals surface area contributed by atoms with E-state index in [4.69, 9.17) is 5.11 Å². The molecule has 8 nitrogen and oxygen atoms in total. The Morgan fingerprint density at radius 1 is 1.36 bits per heavy atom. The quantitative estimate of drug-likeness (QED) is 0.640. The lowest BCUT2D eigenvalue weighted by molar-refractivity contribution is -0.137. The molecule has 1 amide bonds. The number of benzene rings is 1. The number of amides is 1. The van der Waals surface area contributed by atoms with Gasteiger partial charge in [0.15, 0.2) is 0 Å². The second-order valence-electron chi connectivity index (χ2n) is 5.44. The molecule has 25 heavy (non-hydrogen) atoms. The molecule has 0 aliphatic carbocycles. The Hall–Kier alpha value is -2.42. The molecule has 0 unspecified atom stereocenters. The predicted octanol–water partition coefficient (Wildman–Crippen LogP) is 1.07. The van der Waals surface area contributed by atoms with Crippen LogP contribution in [-0.2, 0) is 9.59 Å². The van der Waals surface area contributed by atoms with E-state index in [2.05, 4.69) is 15.6 Å². The third kappa shape index (κ3) is 5.02. The molecular formula is C16H20N4O4S. The van der Waals surface area contributed by atoms with Gasteiger partial charge in [0.2, 0.25) is 5.91 Å². The number of fused-ring (bicyclic) bond motifs is 1. The number of carboxylic acids is 1. The zero-order valence-electron chi connectivity index (χ0n) is 13.8. The number of thioether (sulfide) groups is 1. The van der Waals surface area contributed by atoms with Crippen molar-refractivity contribution in [3.8, 4) is 0 Å². The van der Waals surface area contributed by atoms with Gasteiger partial charge in [-0.2, -0.15) is 16.4 Å². The summed E-state index contributed by atoms with van der Waals surface area (Å²) in [4.78, 5) is 35.7. The van der Waals surface area contributed by atoms with Crippen LogP contribution < -0.4 is 10.9 Å². The summed E-state index contributed by atoms with van der Waals surface area (Å²) in [6, 6.07) is 6.07. The van der Waals surface area contributed by atoms with Gasteiger partial charge in [0.1, 0.15) is 11.6 Å². The topological polar surface area (TPSA) is 114 Å². The molecule has 0 aliphatic rings. The number of carbonyl (C=O) groups is 2. The first-order valence-corrected chi connectivity index (χ1v) is 9.26. The van der Waals surface area contributed by atoms with Crippen molar-refractivity contribution in [2.45, 2.75) is 25.3 Å². The fourth-order valence-corrected chi connectivity index (χ4v) is 2.83. The lowest BCUT2D eigenvalue weighted by Gasteiger charge is -2.17. The highest BCUT2D eigenvalue weighted by Crippen LogP contribution is 2.13. The summed E-state index contributed by atoms with van der Waals surface area (Å²) in [5.41, 5.74) is 0.117. The van der Waals surface area contributed by atoms with Gasteiger partial charge in [0, 0.05) is 13.0 Å². The summed E-state index contributed by atoms with van der Waals surface area (Å²) in [6.45, 7) is 0.233. The number of aliphatic carboxylic acids is 1. The van der Waals surface area contributed by atoms with Crippen LogP contribution in [0.2, 0.25) is 0 Å². The summed E-state index contributed by atoms with van der Waals surface area (Å²) in [5, 5.41) is 19.7. The van der Waals surface area contributed by atoms with E-state index in [1.807, 2.05) is 6.26 Å². The number of hydrogen-bond acceptors (Lipinski definition) is 6. The van der Waals surface area contributed by atoms with Crippen LogP contribution in [0.3, 0.4) is 0 Å². The van der Waals surface area contributed by atoms with E-state index >= 15 is 0 Å². The Labute approximate surface area is 148 Å². The molecule has 0 spiro atoms. The Morgan fingerprint density at radius 2 is 2.12 bits per heavy atom. The van der Waals surface area contributed by atoms with Crippen LogP contribution >= 0.6 is 11.8 Å². The summed E-state index contributed by atoms with van der Waals surface area (Å²) in [5.74, 6) is -0.593. The van der Waals surface area contributed by atoms with Crippen LogP contribution in [0.4, 0.5) is 0 Å². The maximum absolute atomic E-state index is 12.7. The summed E-state index contributed by atoms with van der Waals surface area (Å²) in [7, 11) is 0. The summed E-state index contributed by atoms with van der Waals surface area (Å²) in [6.07, 6.45) is 2.65. The van der Waals surface area contributed by atoms with Crippen LogP contribution in [0, 0.1) is 0 Å². The third-order valence-electron chi connectivity index (χ3n) is 3.65. The molecule has 1 aromatic carbocycles. The maximum Gasteiger partial charge on any atom is 0.303 e. The molecule has 1 heterocycles. The molecule has 2 N–H and O–H groups in total. The second kappa shape index (κ2) is 9.16. The average molecular weight is 364 g/mol. The lowest BCUT2D eigenvalue weighted by atomic mass is 10.2. The normalized spacial score (nSPS) is 12.0. The zero-order chi connectivity index (χ0) is 18.2.